The molecule has 0 N–H and O–H groups in total. The van der Waals surface area contributed by atoms with Crippen molar-refractivity contribution in [3.8, 4) is 0 Å². The van der Waals surface area contributed by atoms with Crippen molar-refractivity contribution in [3.05, 3.63) is 11.6 Å². The molecule has 0 heterocycles. The summed E-state index contributed by atoms with van der Waals surface area (Å²) in [6.07, 6.45) is -4.55. The zero-order valence-electron chi connectivity index (χ0n) is 9.43. The lowest BCUT2D eigenvalue weighted by atomic mass is 10.2. The minimum atomic E-state index is -4.38. The van der Waals surface area contributed by atoms with Crippen LogP contribution in [0.2, 0.25) is 0 Å². The maximum absolute atomic E-state index is 12.0. The summed E-state index contributed by atoms with van der Waals surface area (Å²) in [4.78, 5) is 11.0. The monoisotopic (exact) mass is 240 g/mol. The van der Waals surface area contributed by atoms with Crippen molar-refractivity contribution < 1.29 is 27.4 Å². The minimum Gasteiger partial charge on any atom is -0.466 e. The van der Waals surface area contributed by atoms with Gasteiger partial charge in [0.15, 0.2) is 6.10 Å². The van der Waals surface area contributed by atoms with Crippen molar-refractivity contribution in [1.29, 1.82) is 0 Å². The summed E-state index contributed by atoms with van der Waals surface area (Å²) in [7, 11) is 1.21. The zero-order chi connectivity index (χ0) is 12.8. The van der Waals surface area contributed by atoms with Crippen molar-refractivity contribution in [3.63, 3.8) is 0 Å². The van der Waals surface area contributed by atoms with E-state index < -0.39 is 18.2 Å². The van der Waals surface area contributed by atoms with E-state index in [-0.39, 0.29) is 6.61 Å². The van der Waals surface area contributed by atoms with E-state index in [1.54, 1.807) is 6.92 Å². The molecule has 0 aromatic heterocycles. The molecule has 1 atom stereocenters. The van der Waals surface area contributed by atoms with Crippen LogP contribution in [-0.2, 0) is 14.3 Å². The van der Waals surface area contributed by atoms with Gasteiger partial charge in [-0.05, 0) is 19.4 Å². The van der Waals surface area contributed by atoms with E-state index in [9.17, 15) is 18.0 Å². The molecule has 0 radical (unpaired) electrons. The van der Waals surface area contributed by atoms with Crippen LogP contribution in [-0.4, -0.2) is 32.0 Å². The topological polar surface area (TPSA) is 35.5 Å². The summed E-state index contributed by atoms with van der Waals surface area (Å²) in [6, 6.07) is 0. The van der Waals surface area contributed by atoms with Gasteiger partial charge in [-0.1, -0.05) is 6.92 Å². The molecule has 0 fully saturated rings. The van der Waals surface area contributed by atoms with E-state index in [0.717, 1.165) is 6.92 Å². The quantitative estimate of drug-likeness (QED) is 0.547. The summed E-state index contributed by atoms with van der Waals surface area (Å²) in [6.45, 7) is 2.35. The van der Waals surface area contributed by atoms with Crippen LogP contribution >= 0.6 is 0 Å². The first-order chi connectivity index (χ1) is 7.32. The van der Waals surface area contributed by atoms with Gasteiger partial charge in [0.25, 0.3) is 0 Å². The highest BCUT2D eigenvalue weighted by Crippen LogP contribution is 2.22. The molecule has 0 aromatic carbocycles. The number of rotatable bonds is 5. The number of carbonyl (C=O) groups excluding carboxylic acids is 1. The molecule has 0 rings (SSSR count). The minimum absolute atomic E-state index is 0.265. The molecule has 0 aromatic rings. The summed E-state index contributed by atoms with van der Waals surface area (Å²) < 4.78 is 45.1. The molecule has 0 spiro atoms. The number of carbonyl (C=O) groups is 1. The second kappa shape index (κ2) is 6.52. The number of methoxy groups -OCH3 is 1. The fraction of sp³-hybridized carbons (Fsp3) is 0.700. The van der Waals surface area contributed by atoms with Crippen LogP contribution in [0.5, 0.6) is 0 Å². The third-order valence-electron chi connectivity index (χ3n) is 1.97. The fourth-order valence-electron chi connectivity index (χ4n) is 0.891. The number of halogens is 3. The largest absolute Gasteiger partial charge is 0.466 e. The Labute approximate surface area is 92.2 Å². The molecule has 0 saturated heterocycles. The van der Waals surface area contributed by atoms with Crippen LogP contribution in [0.3, 0.4) is 0 Å². The SMILES string of the molecule is CCC(=CCOC(C)C(F)(F)F)C(=O)OC. The Balaban J connectivity index is 4.21. The van der Waals surface area contributed by atoms with Crippen molar-refractivity contribution in [2.45, 2.75) is 32.5 Å². The number of alkyl halides is 3. The molecule has 3 nitrogen and oxygen atoms in total. The molecular formula is C10H15F3O3. The maximum Gasteiger partial charge on any atom is 0.414 e. The summed E-state index contributed by atoms with van der Waals surface area (Å²) in [5, 5.41) is 0. The Bertz CT molecular complexity index is 259. The Morgan fingerprint density at radius 3 is 2.38 bits per heavy atom. The summed E-state index contributed by atoms with van der Waals surface area (Å²) >= 11 is 0. The average molecular weight is 240 g/mol. The molecule has 0 bridgehead atoms. The van der Waals surface area contributed by atoms with Crippen molar-refractivity contribution >= 4 is 5.97 Å². The van der Waals surface area contributed by atoms with Crippen LogP contribution in [0, 0.1) is 0 Å². The van der Waals surface area contributed by atoms with Gasteiger partial charge in [0.2, 0.25) is 0 Å². The van der Waals surface area contributed by atoms with Gasteiger partial charge in [-0.2, -0.15) is 13.2 Å². The maximum atomic E-state index is 12.0. The fourth-order valence-corrected chi connectivity index (χ4v) is 0.891. The molecule has 0 aliphatic carbocycles. The second-order valence-electron chi connectivity index (χ2n) is 3.09. The third-order valence-corrected chi connectivity index (χ3v) is 1.97. The van der Waals surface area contributed by atoms with Crippen molar-refractivity contribution in [2.24, 2.45) is 0 Å². The lowest BCUT2D eigenvalue weighted by molar-refractivity contribution is -0.211. The normalized spacial score (nSPS) is 14.8. The van der Waals surface area contributed by atoms with E-state index in [4.69, 9.17) is 0 Å². The van der Waals surface area contributed by atoms with Gasteiger partial charge in [-0.3, -0.25) is 0 Å². The first-order valence-electron chi connectivity index (χ1n) is 4.78. The molecule has 0 amide bonds. The smallest absolute Gasteiger partial charge is 0.414 e. The first-order valence-corrected chi connectivity index (χ1v) is 4.78. The van der Waals surface area contributed by atoms with Crippen LogP contribution in [0.4, 0.5) is 13.2 Å². The van der Waals surface area contributed by atoms with E-state index in [0.29, 0.717) is 12.0 Å². The molecule has 94 valence electrons. The number of ether oxygens (including phenoxy) is 2. The lowest BCUT2D eigenvalue weighted by Crippen LogP contribution is -2.28. The van der Waals surface area contributed by atoms with Crippen LogP contribution in [0.1, 0.15) is 20.3 Å². The number of hydrogen-bond acceptors (Lipinski definition) is 3. The highest BCUT2D eigenvalue weighted by atomic mass is 19.4. The molecule has 0 aliphatic rings. The Morgan fingerprint density at radius 2 is 2.00 bits per heavy atom. The third kappa shape index (κ3) is 5.16. The van der Waals surface area contributed by atoms with Gasteiger partial charge >= 0.3 is 12.1 Å². The molecule has 6 heteroatoms. The lowest BCUT2D eigenvalue weighted by Gasteiger charge is -2.15. The molecule has 0 aliphatic heterocycles. The van der Waals surface area contributed by atoms with E-state index in [2.05, 4.69) is 9.47 Å². The van der Waals surface area contributed by atoms with Crippen LogP contribution in [0.15, 0.2) is 11.6 Å². The number of esters is 1. The predicted molar refractivity (Wildman–Crippen MR) is 51.9 cm³/mol. The zero-order valence-corrected chi connectivity index (χ0v) is 9.43. The molecule has 16 heavy (non-hydrogen) atoms. The Kier molecular flexibility index (Phi) is 6.10. The van der Waals surface area contributed by atoms with Crippen molar-refractivity contribution in [2.75, 3.05) is 13.7 Å². The summed E-state index contributed by atoms with van der Waals surface area (Å²) in [5.41, 5.74) is 0.303. The van der Waals surface area contributed by atoms with Gasteiger partial charge in [0.05, 0.1) is 13.7 Å². The van der Waals surface area contributed by atoms with E-state index in [1.807, 2.05) is 0 Å². The Hall–Kier alpha value is -1.04. The van der Waals surface area contributed by atoms with Crippen LogP contribution in [0.25, 0.3) is 0 Å². The van der Waals surface area contributed by atoms with E-state index >= 15 is 0 Å². The highest BCUT2D eigenvalue weighted by Gasteiger charge is 2.36. The molecular weight excluding hydrogens is 225 g/mol. The second-order valence-corrected chi connectivity index (χ2v) is 3.09. The van der Waals surface area contributed by atoms with Crippen LogP contribution < -0.4 is 0 Å². The van der Waals surface area contributed by atoms with Gasteiger partial charge < -0.3 is 9.47 Å². The van der Waals surface area contributed by atoms with E-state index in [1.165, 1.54) is 13.2 Å². The first kappa shape index (κ1) is 15.0. The highest BCUT2D eigenvalue weighted by molar-refractivity contribution is 5.88. The molecule has 1 unspecified atom stereocenters. The number of hydrogen-bond donors (Lipinski definition) is 0. The van der Waals surface area contributed by atoms with Gasteiger partial charge in [-0.15, -0.1) is 0 Å². The predicted octanol–water partition coefficient (Wildman–Crippen LogP) is 2.46. The Morgan fingerprint density at radius 1 is 1.44 bits per heavy atom. The average Bonchev–Trinajstić information content (AvgIpc) is 2.21. The standard InChI is InChI=1S/C10H15F3O3/c1-4-8(9(14)15-3)5-6-16-7(2)10(11,12)13/h5,7H,4,6H2,1-3H3. The van der Waals surface area contributed by atoms with Gasteiger partial charge in [0.1, 0.15) is 0 Å². The summed E-state index contributed by atoms with van der Waals surface area (Å²) in [5.74, 6) is -0.550. The van der Waals surface area contributed by atoms with Gasteiger partial charge in [-0.25, -0.2) is 4.79 Å². The van der Waals surface area contributed by atoms with Crippen molar-refractivity contribution in [1.82, 2.24) is 0 Å². The van der Waals surface area contributed by atoms with Gasteiger partial charge in [0, 0.05) is 5.57 Å². The molecule has 0 saturated carbocycles.